The highest BCUT2D eigenvalue weighted by Crippen LogP contribution is 2.40. The van der Waals surface area contributed by atoms with Crippen molar-refractivity contribution >= 4 is 0 Å². The SMILES string of the molecule is N.c1ccc2c(c1)Cc1ccccc1-2.c1ccc2c(c1)Cc1ccccc1-2.c1ccc2c(c1)Cc1ccccc1-2.c1ccc2c(c1)Cc1ccccc1-2.c1ccc2c(c1)Cc1ccccc1-2.c1ccc2c(c1)Cc1ccccc1-2. The minimum atomic E-state index is 0. The lowest BCUT2D eigenvalue weighted by atomic mass is 10.1. The number of rotatable bonds is 0. The second kappa shape index (κ2) is 23.1. The van der Waals surface area contributed by atoms with Gasteiger partial charge in [-0.1, -0.05) is 291 Å². The van der Waals surface area contributed by atoms with Crippen LogP contribution < -0.4 is 6.15 Å². The van der Waals surface area contributed by atoms with E-state index in [9.17, 15) is 0 Å². The maximum Gasteiger partial charge on any atom is -0.00135 e. The highest BCUT2D eigenvalue weighted by molar-refractivity contribution is 5.81. The van der Waals surface area contributed by atoms with E-state index in [2.05, 4.69) is 291 Å². The van der Waals surface area contributed by atoms with E-state index in [1.165, 1.54) is 134 Å². The van der Waals surface area contributed by atoms with Crippen LogP contribution in [0.1, 0.15) is 66.8 Å². The normalized spacial score (nSPS) is 12.2. The highest BCUT2D eigenvalue weighted by atomic mass is 14.2. The molecule has 380 valence electrons. The molecule has 3 N–H and O–H groups in total. The molecule has 79 heavy (non-hydrogen) atoms. The number of hydrogen-bond acceptors (Lipinski definition) is 1. The van der Waals surface area contributed by atoms with Gasteiger partial charge in [0.25, 0.3) is 0 Å². The molecule has 6 aliphatic carbocycles. The van der Waals surface area contributed by atoms with E-state index in [1.54, 1.807) is 0 Å². The van der Waals surface area contributed by atoms with E-state index in [0.717, 1.165) is 38.5 Å². The van der Waals surface area contributed by atoms with Gasteiger partial charge in [-0.15, -0.1) is 0 Å². The van der Waals surface area contributed by atoms with Crippen molar-refractivity contribution in [1.82, 2.24) is 6.15 Å². The molecule has 6 aliphatic rings. The fraction of sp³-hybridized carbons (Fsp3) is 0.0769. The number of benzene rings is 12. The van der Waals surface area contributed by atoms with Crippen molar-refractivity contribution in [2.24, 2.45) is 0 Å². The van der Waals surface area contributed by atoms with Crippen LogP contribution in [0.25, 0.3) is 66.8 Å². The molecule has 0 saturated carbocycles. The molecule has 0 aliphatic heterocycles. The first-order chi connectivity index (χ1) is 38.7. The maximum atomic E-state index is 2.22. The van der Waals surface area contributed by atoms with Gasteiger partial charge in [-0.2, -0.15) is 0 Å². The molecule has 0 unspecified atom stereocenters. The molecule has 18 rings (SSSR count). The first kappa shape index (κ1) is 50.4. The first-order valence-electron chi connectivity index (χ1n) is 27.7. The Hall–Kier alpha value is -9.40. The molecule has 0 bridgehead atoms. The van der Waals surface area contributed by atoms with Gasteiger partial charge in [0, 0.05) is 0 Å². The molecule has 0 heterocycles. The summed E-state index contributed by atoms with van der Waals surface area (Å²) in [6, 6.07) is 104. The molecule has 1 nitrogen and oxygen atoms in total. The van der Waals surface area contributed by atoms with Gasteiger partial charge < -0.3 is 6.15 Å². The molecule has 0 atom stereocenters. The molecule has 0 amide bonds. The summed E-state index contributed by atoms with van der Waals surface area (Å²) in [5.41, 5.74) is 34.5. The van der Waals surface area contributed by atoms with Crippen LogP contribution in [0.5, 0.6) is 0 Å². The zero-order valence-electron chi connectivity index (χ0n) is 44.7. The second-order valence-electron chi connectivity index (χ2n) is 20.9. The Bertz CT molecular complexity index is 3170. The molecule has 0 aromatic heterocycles. The molecule has 12 aromatic carbocycles. The van der Waals surface area contributed by atoms with Gasteiger partial charge in [0.15, 0.2) is 0 Å². The van der Waals surface area contributed by atoms with Gasteiger partial charge in [0.05, 0.1) is 0 Å². The first-order valence-corrected chi connectivity index (χ1v) is 27.7. The summed E-state index contributed by atoms with van der Waals surface area (Å²) < 4.78 is 0. The molecule has 0 fully saturated rings. The van der Waals surface area contributed by atoms with Gasteiger partial charge in [-0.05, 0) is 172 Å². The third-order valence-electron chi connectivity index (χ3n) is 16.2. The van der Waals surface area contributed by atoms with Crippen molar-refractivity contribution in [3.63, 3.8) is 0 Å². The smallest absolute Gasteiger partial charge is 0.00135 e. The van der Waals surface area contributed by atoms with Crippen molar-refractivity contribution in [2.45, 2.75) is 38.5 Å². The molecule has 0 saturated heterocycles. The molecule has 1 heteroatoms. The monoisotopic (exact) mass is 1010 g/mol. The molecule has 12 aromatic rings. The van der Waals surface area contributed by atoms with Crippen LogP contribution in [-0.4, -0.2) is 0 Å². The Morgan fingerprint density at radius 1 is 0.114 bits per heavy atom. The van der Waals surface area contributed by atoms with Gasteiger partial charge >= 0.3 is 0 Å². The maximum absolute atomic E-state index is 2.22. The summed E-state index contributed by atoms with van der Waals surface area (Å²) in [5, 5.41) is 0. The Morgan fingerprint density at radius 2 is 0.190 bits per heavy atom. The zero-order valence-corrected chi connectivity index (χ0v) is 44.7. The summed E-state index contributed by atoms with van der Waals surface area (Å²) in [6.45, 7) is 0. The summed E-state index contributed by atoms with van der Waals surface area (Å²) in [7, 11) is 0. The average Bonchev–Trinajstić information content (AvgIpc) is 4.45. The predicted octanol–water partition coefficient (Wildman–Crippen LogP) is 19.7. The summed E-state index contributed by atoms with van der Waals surface area (Å²) >= 11 is 0. The van der Waals surface area contributed by atoms with Gasteiger partial charge in [0.1, 0.15) is 0 Å². The topological polar surface area (TPSA) is 35.0 Å². The Kier molecular flexibility index (Phi) is 14.7. The van der Waals surface area contributed by atoms with Crippen molar-refractivity contribution in [2.75, 3.05) is 0 Å². The van der Waals surface area contributed by atoms with E-state index in [4.69, 9.17) is 0 Å². The Labute approximate surface area is 466 Å². The quantitative estimate of drug-likeness (QED) is 0.161. The fourth-order valence-electron chi connectivity index (χ4n) is 12.5. The molecule has 0 radical (unpaired) electrons. The van der Waals surface area contributed by atoms with Crippen molar-refractivity contribution in [3.8, 4) is 66.8 Å². The van der Waals surface area contributed by atoms with Gasteiger partial charge in [-0.25, -0.2) is 0 Å². The Morgan fingerprint density at radius 3 is 0.278 bits per heavy atom. The second-order valence-corrected chi connectivity index (χ2v) is 20.9. The largest absolute Gasteiger partial charge is 0.344 e. The van der Waals surface area contributed by atoms with Crippen LogP contribution in [0.15, 0.2) is 291 Å². The molecule has 0 spiro atoms. The van der Waals surface area contributed by atoms with E-state index in [-0.39, 0.29) is 6.15 Å². The van der Waals surface area contributed by atoms with E-state index in [1.807, 2.05) is 0 Å². The Balaban J connectivity index is 0.0000000944. The summed E-state index contributed by atoms with van der Waals surface area (Å²) in [4.78, 5) is 0. The van der Waals surface area contributed by atoms with Crippen LogP contribution in [0.2, 0.25) is 0 Å². The standard InChI is InChI=1S/6C13H10.H3N/c6*1-3-7-12-10(5-1)9-11-6-2-4-8-13(11)12;/h6*1-8H,9H2;1H3. The van der Waals surface area contributed by atoms with Crippen LogP contribution >= 0.6 is 0 Å². The molecular weight excluding hydrogens is 951 g/mol. The summed E-state index contributed by atoms with van der Waals surface area (Å²) in [5.74, 6) is 0. The lowest BCUT2D eigenvalue weighted by Gasteiger charge is -1.98. The van der Waals surface area contributed by atoms with Crippen LogP contribution in [-0.2, 0) is 38.5 Å². The number of fused-ring (bicyclic) bond motifs is 18. The third kappa shape index (κ3) is 10.5. The minimum Gasteiger partial charge on any atom is -0.344 e. The predicted molar refractivity (Wildman–Crippen MR) is 333 cm³/mol. The van der Waals surface area contributed by atoms with E-state index >= 15 is 0 Å². The number of hydrogen-bond donors (Lipinski definition) is 1. The fourth-order valence-corrected chi connectivity index (χ4v) is 12.5. The van der Waals surface area contributed by atoms with Crippen molar-refractivity contribution in [1.29, 1.82) is 0 Å². The van der Waals surface area contributed by atoms with E-state index in [0.29, 0.717) is 0 Å². The lowest BCUT2D eigenvalue weighted by Crippen LogP contribution is -1.77. The van der Waals surface area contributed by atoms with Crippen LogP contribution in [0.4, 0.5) is 0 Å². The third-order valence-corrected chi connectivity index (χ3v) is 16.2. The van der Waals surface area contributed by atoms with E-state index < -0.39 is 0 Å². The van der Waals surface area contributed by atoms with Crippen molar-refractivity contribution < 1.29 is 0 Å². The molecular formula is C78H63N. The van der Waals surface area contributed by atoms with Crippen LogP contribution in [0, 0.1) is 0 Å². The highest BCUT2D eigenvalue weighted by Gasteiger charge is 2.21. The summed E-state index contributed by atoms with van der Waals surface area (Å²) in [6.07, 6.45) is 6.62. The van der Waals surface area contributed by atoms with Gasteiger partial charge in [0.2, 0.25) is 0 Å². The minimum absolute atomic E-state index is 0. The lowest BCUT2D eigenvalue weighted by molar-refractivity contribution is 1.26. The van der Waals surface area contributed by atoms with Crippen LogP contribution in [0.3, 0.4) is 0 Å². The van der Waals surface area contributed by atoms with Gasteiger partial charge in [-0.3, -0.25) is 0 Å². The average molecular weight is 1010 g/mol. The zero-order chi connectivity index (χ0) is 52.0. The van der Waals surface area contributed by atoms with Crippen molar-refractivity contribution in [3.05, 3.63) is 358 Å².